The van der Waals surface area contributed by atoms with E-state index >= 15 is 0 Å². The molecule has 5 rings (SSSR count). The summed E-state index contributed by atoms with van der Waals surface area (Å²) < 4.78 is 0. The number of amidine groups is 2. The molecule has 0 radical (unpaired) electrons. The minimum Gasteiger partial charge on any atom is -0.315 e. The van der Waals surface area contributed by atoms with Gasteiger partial charge in [0.05, 0.1) is 0 Å². The lowest BCUT2D eigenvalue weighted by atomic mass is 9.91. The Balaban J connectivity index is 1.53. The minimum atomic E-state index is -0.323. The van der Waals surface area contributed by atoms with E-state index in [4.69, 9.17) is 16.6 Å². The maximum Gasteiger partial charge on any atom is 0.199 e. The van der Waals surface area contributed by atoms with Gasteiger partial charge in [-0.25, -0.2) is 9.98 Å². The lowest BCUT2D eigenvalue weighted by Gasteiger charge is -2.23. The third-order valence-electron chi connectivity index (χ3n) is 5.13. The van der Waals surface area contributed by atoms with Crippen molar-refractivity contribution in [1.82, 2.24) is 5.32 Å². The van der Waals surface area contributed by atoms with Gasteiger partial charge in [-0.2, -0.15) is 0 Å². The fourth-order valence-corrected chi connectivity index (χ4v) is 3.90. The molecular weight excluding hydrogens is 354 g/mol. The first kappa shape index (κ1) is 16.3. The molecule has 1 aliphatic carbocycles. The summed E-state index contributed by atoms with van der Waals surface area (Å²) in [6.45, 7) is 0. The van der Waals surface area contributed by atoms with E-state index < -0.39 is 0 Å². The predicted octanol–water partition coefficient (Wildman–Crippen LogP) is 5.46. The van der Waals surface area contributed by atoms with Crippen molar-refractivity contribution in [2.75, 3.05) is 0 Å². The van der Waals surface area contributed by atoms with Crippen LogP contribution in [0, 0.1) is 0 Å². The summed E-state index contributed by atoms with van der Waals surface area (Å²) in [6.07, 6.45) is 3.84. The number of nitrogens with zero attached hydrogens (tertiary/aromatic N) is 2. The van der Waals surface area contributed by atoms with E-state index in [1.165, 1.54) is 27.5 Å². The monoisotopic (exact) mass is 371 g/mol. The van der Waals surface area contributed by atoms with E-state index in [0.29, 0.717) is 5.29 Å². The second-order valence-electron chi connectivity index (χ2n) is 6.87. The van der Waals surface area contributed by atoms with Gasteiger partial charge in [0, 0.05) is 0 Å². The summed E-state index contributed by atoms with van der Waals surface area (Å²) >= 11 is 6.32. The molecule has 4 heteroatoms. The average Bonchev–Trinajstić information content (AvgIpc) is 2.72. The number of fused-ring (bicyclic) bond motifs is 2. The molecule has 0 saturated carbocycles. The summed E-state index contributed by atoms with van der Waals surface area (Å²) in [5.74, 6) is 0.822. The average molecular weight is 372 g/mol. The highest BCUT2D eigenvalue weighted by Crippen LogP contribution is 2.29. The van der Waals surface area contributed by atoms with E-state index in [9.17, 15) is 0 Å². The fraction of sp³-hybridized carbons (Fsp3) is 0.130. The van der Waals surface area contributed by atoms with Crippen LogP contribution in [0.25, 0.3) is 16.8 Å². The molecule has 0 bridgehead atoms. The van der Waals surface area contributed by atoms with Gasteiger partial charge < -0.3 is 5.32 Å². The number of benzene rings is 3. The van der Waals surface area contributed by atoms with Crippen molar-refractivity contribution in [3.63, 3.8) is 0 Å². The van der Waals surface area contributed by atoms with E-state index in [1.807, 2.05) is 12.1 Å². The highest BCUT2D eigenvalue weighted by atomic mass is 35.5. The van der Waals surface area contributed by atoms with Crippen molar-refractivity contribution in [3.8, 4) is 0 Å². The van der Waals surface area contributed by atoms with Crippen LogP contribution in [0.15, 0.2) is 82.3 Å². The maximum atomic E-state index is 6.32. The summed E-state index contributed by atoms with van der Waals surface area (Å²) in [4.78, 5) is 9.38. The van der Waals surface area contributed by atoms with Gasteiger partial charge in [0.1, 0.15) is 5.84 Å². The molecule has 0 saturated heterocycles. The molecule has 3 aromatic carbocycles. The molecule has 0 spiro atoms. The molecular formula is C23H18ClN3. The molecule has 1 unspecified atom stereocenters. The molecule has 0 aromatic heterocycles. The zero-order chi connectivity index (χ0) is 18.2. The van der Waals surface area contributed by atoms with Crippen LogP contribution in [0.4, 0.5) is 0 Å². The molecule has 132 valence electrons. The lowest BCUT2D eigenvalue weighted by molar-refractivity contribution is 0.757. The Labute approximate surface area is 163 Å². The van der Waals surface area contributed by atoms with Crippen LogP contribution in [0.5, 0.6) is 0 Å². The third kappa shape index (κ3) is 3.15. The normalized spacial score (nSPS) is 18.9. The number of aliphatic imine (C=N–C) groups is 2. The summed E-state index contributed by atoms with van der Waals surface area (Å²) in [6, 6.07) is 23.1. The second kappa shape index (κ2) is 6.67. The zero-order valence-corrected chi connectivity index (χ0v) is 15.4. The maximum absolute atomic E-state index is 6.32. The van der Waals surface area contributed by atoms with Gasteiger partial charge in [-0.15, -0.1) is 0 Å². The molecule has 3 nitrogen and oxygen atoms in total. The molecule has 27 heavy (non-hydrogen) atoms. The molecule has 3 aromatic rings. The van der Waals surface area contributed by atoms with Gasteiger partial charge >= 0.3 is 0 Å². The smallest absolute Gasteiger partial charge is 0.199 e. The number of hydrogen-bond acceptors (Lipinski definition) is 3. The van der Waals surface area contributed by atoms with Crippen molar-refractivity contribution in [1.29, 1.82) is 0 Å². The first-order valence-electron chi connectivity index (χ1n) is 9.12. The first-order valence-corrected chi connectivity index (χ1v) is 9.50. The van der Waals surface area contributed by atoms with Crippen LogP contribution in [0.2, 0.25) is 0 Å². The summed E-state index contributed by atoms with van der Waals surface area (Å²) in [5, 5.41) is 5.93. The Kier molecular flexibility index (Phi) is 4.02. The van der Waals surface area contributed by atoms with Crippen LogP contribution in [0.1, 0.15) is 29.3 Å². The van der Waals surface area contributed by atoms with Gasteiger partial charge in [0.15, 0.2) is 11.5 Å². The Morgan fingerprint density at radius 1 is 0.852 bits per heavy atom. The molecule has 0 fully saturated rings. The molecule has 1 N–H and O–H groups in total. The lowest BCUT2D eigenvalue weighted by Crippen LogP contribution is -2.33. The molecule has 1 heterocycles. The molecule has 1 aliphatic heterocycles. The molecule has 1 atom stereocenters. The van der Waals surface area contributed by atoms with Crippen molar-refractivity contribution >= 4 is 39.6 Å². The highest BCUT2D eigenvalue weighted by molar-refractivity contribution is 6.66. The fourth-order valence-electron chi connectivity index (χ4n) is 3.72. The van der Waals surface area contributed by atoms with Gasteiger partial charge in [-0.05, 0) is 69.6 Å². The number of rotatable bonds is 2. The Morgan fingerprint density at radius 3 is 2.59 bits per heavy atom. The van der Waals surface area contributed by atoms with Gasteiger partial charge in [-0.1, -0.05) is 60.7 Å². The van der Waals surface area contributed by atoms with Crippen LogP contribution in [-0.4, -0.2) is 11.1 Å². The Morgan fingerprint density at radius 2 is 1.67 bits per heavy atom. The van der Waals surface area contributed by atoms with Crippen LogP contribution >= 0.6 is 11.6 Å². The topological polar surface area (TPSA) is 36.8 Å². The summed E-state index contributed by atoms with van der Waals surface area (Å²) in [5.41, 5.74) is 4.85. The first-order chi connectivity index (χ1) is 13.3. The van der Waals surface area contributed by atoms with E-state index in [1.54, 1.807) is 0 Å². The van der Waals surface area contributed by atoms with E-state index in [2.05, 4.69) is 71.0 Å². The van der Waals surface area contributed by atoms with Crippen LogP contribution < -0.4 is 5.32 Å². The number of hydrogen-bond donors (Lipinski definition) is 1. The van der Waals surface area contributed by atoms with Crippen molar-refractivity contribution in [2.24, 2.45) is 9.98 Å². The van der Waals surface area contributed by atoms with Crippen LogP contribution in [-0.2, 0) is 6.42 Å². The largest absolute Gasteiger partial charge is 0.315 e. The van der Waals surface area contributed by atoms with Gasteiger partial charge in [0.25, 0.3) is 0 Å². The summed E-state index contributed by atoms with van der Waals surface area (Å²) in [7, 11) is 0. The van der Waals surface area contributed by atoms with Gasteiger partial charge in [-0.3, -0.25) is 0 Å². The highest BCUT2D eigenvalue weighted by Gasteiger charge is 2.22. The SMILES string of the molecule is ClC1=NC(c2ccc3ccccc3c2)N=C(C2=Cc3ccccc3CC2)N1. The predicted molar refractivity (Wildman–Crippen MR) is 113 cm³/mol. The van der Waals surface area contributed by atoms with E-state index in [0.717, 1.165) is 24.2 Å². The second-order valence-corrected chi connectivity index (χ2v) is 7.23. The quantitative estimate of drug-likeness (QED) is 0.596. The zero-order valence-electron chi connectivity index (χ0n) is 14.7. The number of nitrogens with one attached hydrogen (secondary N) is 1. The van der Waals surface area contributed by atoms with Crippen molar-refractivity contribution < 1.29 is 0 Å². The number of aryl methyl sites for hydroxylation is 1. The minimum absolute atomic E-state index is 0.323. The van der Waals surface area contributed by atoms with Crippen molar-refractivity contribution in [2.45, 2.75) is 19.0 Å². The van der Waals surface area contributed by atoms with Crippen LogP contribution in [0.3, 0.4) is 0 Å². The van der Waals surface area contributed by atoms with E-state index in [-0.39, 0.29) is 6.17 Å². The Bertz CT molecular complexity index is 1130. The number of halogens is 1. The standard InChI is InChI=1S/C23H18ClN3/c24-23-26-21(19-11-9-15-5-1-3-7-17(15)13-19)25-22(27-23)20-12-10-16-6-2-4-8-18(16)14-20/h1-9,11,13-14,21H,10,12H2,(H,25,26,27). The molecule has 0 amide bonds. The van der Waals surface area contributed by atoms with Crippen molar-refractivity contribution in [3.05, 3.63) is 89.0 Å². The third-order valence-corrected chi connectivity index (χ3v) is 5.32. The van der Waals surface area contributed by atoms with Gasteiger partial charge in [0.2, 0.25) is 0 Å². The Hall–Kier alpha value is -2.91. The molecule has 2 aliphatic rings.